The molecule has 2 nitrogen and oxygen atoms in total. The second kappa shape index (κ2) is 6.04. The molecular formula is C10H18NO. The number of rotatable bonds is 6. The van der Waals surface area contributed by atoms with Gasteiger partial charge in [0.2, 0.25) is 0 Å². The fraction of sp³-hybridized carbons (Fsp3) is 0.900. The van der Waals surface area contributed by atoms with Crippen molar-refractivity contribution in [3.05, 3.63) is 0 Å². The fourth-order valence-corrected chi connectivity index (χ4v) is 1.11. The van der Waals surface area contributed by atoms with E-state index in [1.54, 1.807) is 0 Å². The summed E-state index contributed by atoms with van der Waals surface area (Å²) < 4.78 is 0. The van der Waals surface area contributed by atoms with Crippen molar-refractivity contribution < 1.29 is 4.84 Å². The van der Waals surface area contributed by atoms with E-state index in [0.29, 0.717) is 5.92 Å². The van der Waals surface area contributed by atoms with Gasteiger partial charge in [-0.2, -0.15) is 0 Å². The lowest BCUT2D eigenvalue weighted by atomic mass is 9.87. The van der Waals surface area contributed by atoms with Gasteiger partial charge in [0, 0.05) is 5.92 Å². The second-order valence-electron chi connectivity index (χ2n) is 3.39. The molecule has 0 aromatic carbocycles. The van der Waals surface area contributed by atoms with E-state index in [1.807, 2.05) is 0 Å². The van der Waals surface area contributed by atoms with Gasteiger partial charge in [0.25, 0.3) is 0 Å². The quantitative estimate of drug-likeness (QED) is 0.339. The molecule has 0 aliphatic heterocycles. The molecule has 0 amide bonds. The van der Waals surface area contributed by atoms with E-state index in [4.69, 9.17) is 4.84 Å². The highest BCUT2D eigenvalue weighted by Gasteiger charge is 2.15. The van der Waals surface area contributed by atoms with Crippen molar-refractivity contribution in [2.24, 2.45) is 11.1 Å². The zero-order valence-corrected chi connectivity index (χ0v) is 7.88. The molecule has 12 heavy (non-hydrogen) atoms. The summed E-state index contributed by atoms with van der Waals surface area (Å²) >= 11 is 0. The first-order chi connectivity index (χ1) is 5.93. The average molecular weight is 168 g/mol. The largest absolute Gasteiger partial charge is 0.396 e. The Labute approximate surface area is 75.0 Å². The van der Waals surface area contributed by atoms with Crippen LogP contribution in [0.25, 0.3) is 0 Å². The normalized spacial score (nSPS) is 18.1. The minimum atomic E-state index is 0.594. The molecule has 0 saturated heterocycles. The molecule has 1 saturated carbocycles. The third kappa shape index (κ3) is 3.74. The molecule has 0 heterocycles. The topological polar surface area (TPSA) is 21.6 Å². The van der Waals surface area contributed by atoms with Crippen LogP contribution in [0.4, 0.5) is 0 Å². The molecule has 69 valence electrons. The van der Waals surface area contributed by atoms with Crippen molar-refractivity contribution in [3.8, 4) is 0 Å². The van der Waals surface area contributed by atoms with Gasteiger partial charge in [-0.05, 0) is 19.3 Å². The summed E-state index contributed by atoms with van der Waals surface area (Å²) in [5, 5.41) is 3.82. The van der Waals surface area contributed by atoms with E-state index < -0.39 is 0 Å². The molecule has 1 radical (unpaired) electrons. The maximum atomic E-state index is 5.06. The first-order valence-electron chi connectivity index (χ1n) is 5.01. The zero-order chi connectivity index (χ0) is 8.65. The Morgan fingerprint density at radius 3 is 2.83 bits per heavy atom. The van der Waals surface area contributed by atoms with Gasteiger partial charge in [0.15, 0.2) is 0 Å². The van der Waals surface area contributed by atoms with Gasteiger partial charge < -0.3 is 4.84 Å². The van der Waals surface area contributed by atoms with E-state index in [-0.39, 0.29) is 0 Å². The smallest absolute Gasteiger partial charge is 0.117 e. The summed E-state index contributed by atoms with van der Waals surface area (Å²) in [6, 6.07) is 0. The maximum absolute atomic E-state index is 5.06. The van der Waals surface area contributed by atoms with Crippen LogP contribution < -0.4 is 0 Å². The van der Waals surface area contributed by atoms with Crippen molar-refractivity contribution in [3.63, 3.8) is 0 Å². The summed E-state index contributed by atoms with van der Waals surface area (Å²) in [5.74, 6) is 0.594. The first kappa shape index (κ1) is 9.56. The molecule has 0 unspecified atom stereocenters. The predicted octanol–water partition coefficient (Wildman–Crippen LogP) is 2.86. The van der Waals surface area contributed by atoms with Crippen molar-refractivity contribution in [2.45, 2.75) is 45.4 Å². The van der Waals surface area contributed by atoms with Gasteiger partial charge in [0.1, 0.15) is 12.8 Å². The lowest BCUT2D eigenvalue weighted by molar-refractivity contribution is 0.139. The lowest BCUT2D eigenvalue weighted by Crippen LogP contribution is -2.12. The van der Waals surface area contributed by atoms with Gasteiger partial charge >= 0.3 is 0 Å². The van der Waals surface area contributed by atoms with Crippen LogP contribution in [-0.4, -0.2) is 12.8 Å². The highest BCUT2D eigenvalue weighted by atomic mass is 16.6. The van der Waals surface area contributed by atoms with Crippen LogP contribution in [-0.2, 0) is 4.84 Å². The van der Waals surface area contributed by atoms with E-state index in [2.05, 4.69) is 18.3 Å². The van der Waals surface area contributed by atoms with Gasteiger partial charge in [-0.3, -0.25) is 0 Å². The Bertz CT molecular complexity index is 130. The first-order valence-corrected chi connectivity index (χ1v) is 5.01. The highest BCUT2D eigenvalue weighted by Crippen LogP contribution is 2.23. The Kier molecular flexibility index (Phi) is 4.81. The molecule has 0 atom stereocenters. The van der Waals surface area contributed by atoms with Crippen LogP contribution in [0.15, 0.2) is 5.16 Å². The Hall–Kier alpha value is -0.530. The molecule has 0 spiro atoms. The number of hydrogen-bond acceptors (Lipinski definition) is 2. The molecule has 0 aromatic rings. The molecule has 1 rings (SSSR count). The molecule has 0 N–H and O–H groups in total. The van der Waals surface area contributed by atoms with Gasteiger partial charge in [-0.15, -0.1) is 0 Å². The molecule has 1 fully saturated rings. The van der Waals surface area contributed by atoms with E-state index in [0.717, 1.165) is 13.0 Å². The van der Waals surface area contributed by atoms with Crippen LogP contribution in [0.2, 0.25) is 0 Å². The van der Waals surface area contributed by atoms with Crippen molar-refractivity contribution in [2.75, 3.05) is 6.61 Å². The molecule has 1 aliphatic rings. The van der Waals surface area contributed by atoms with Gasteiger partial charge in [0.05, 0.1) is 0 Å². The Morgan fingerprint density at radius 1 is 1.42 bits per heavy atom. The van der Waals surface area contributed by atoms with E-state index in [1.165, 1.54) is 32.1 Å². The summed E-state index contributed by atoms with van der Waals surface area (Å²) in [6.07, 6.45) is 10.4. The number of unbranched alkanes of at least 4 members (excludes halogenated alkanes) is 2. The molecule has 0 aromatic heterocycles. The highest BCUT2D eigenvalue weighted by molar-refractivity contribution is 5.60. The predicted molar refractivity (Wildman–Crippen MR) is 50.3 cm³/mol. The van der Waals surface area contributed by atoms with Crippen LogP contribution in [0.3, 0.4) is 0 Å². The number of nitrogens with zero attached hydrogens (tertiary/aromatic N) is 1. The average Bonchev–Trinajstić information content (AvgIpc) is 2.00. The van der Waals surface area contributed by atoms with Crippen molar-refractivity contribution >= 4 is 6.21 Å². The van der Waals surface area contributed by atoms with Crippen LogP contribution >= 0.6 is 0 Å². The third-order valence-corrected chi connectivity index (χ3v) is 2.24. The van der Waals surface area contributed by atoms with Gasteiger partial charge in [-0.25, -0.2) is 0 Å². The van der Waals surface area contributed by atoms with E-state index in [9.17, 15) is 0 Å². The standard InChI is InChI=1S/C10H18NO/c1-2-3-4-8-12-11-9-10-6-5-7-10/h10H,2-8H2,1H3. The van der Waals surface area contributed by atoms with Crippen LogP contribution in [0.5, 0.6) is 0 Å². The molecule has 1 aliphatic carbocycles. The van der Waals surface area contributed by atoms with Crippen molar-refractivity contribution in [1.29, 1.82) is 0 Å². The maximum Gasteiger partial charge on any atom is 0.117 e. The van der Waals surface area contributed by atoms with Crippen LogP contribution in [0.1, 0.15) is 45.4 Å². The van der Waals surface area contributed by atoms with Crippen molar-refractivity contribution in [1.82, 2.24) is 0 Å². The van der Waals surface area contributed by atoms with Gasteiger partial charge in [-0.1, -0.05) is 31.3 Å². The SMILES string of the molecule is CCCCCO/N=[C]/C1CCC1. The zero-order valence-electron chi connectivity index (χ0n) is 7.88. The molecular weight excluding hydrogens is 150 g/mol. The Morgan fingerprint density at radius 2 is 2.25 bits per heavy atom. The van der Waals surface area contributed by atoms with E-state index >= 15 is 0 Å². The third-order valence-electron chi connectivity index (χ3n) is 2.24. The summed E-state index contributed by atoms with van der Waals surface area (Å²) in [5.41, 5.74) is 0. The summed E-state index contributed by atoms with van der Waals surface area (Å²) in [4.78, 5) is 5.06. The lowest BCUT2D eigenvalue weighted by Gasteiger charge is -2.18. The summed E-state index contributed by atoms with van der Waals surface area (Å²) in [7, 11) is 0. The van der Waals surface area contributed by atoms with Crippen LogP contribution in [0, 0.1) is 5.92 Å². The fourth-order valence-electron chi connectivity index (χ4n) is 1.11. The second-order valence-corrected chi connectivity index (χ2v) is 3.39. The monoisotopic (exact) mass is 168 g/mol. The molecule has 2 heteroatoms. The minimum absolute atomic E-state index is 0.594. The minimum Gasteiger partial charge on any atom is -0.396 e. The summed E-state index contributed by atoms with van der Waals surface area (Å²) in [6.45, 7) is 2.94. The Balaban J connectivity index is 1.83. The molecule has 0 bridgehead atoms. The number of hydrogen-bond donors (Lipinski definition) is 0.